The number of halogens is 1. The molecule has 0 saturated carbocycles. The van der Waals surface area contributed by atoms with Crippen molar-refractivity contribution in [2.75, 3.05) is 46.4 Å². The molecule has 0 spiro atoms. The molecule has 1 atom stereocenters. The van der Waals surface area contributed by atoms with Gasteiger partial charge in [0.1, 0.15) is 5.75 Å². The molecule has 1 amide bonds. The summed E-state index contributed by atoms with van der Waals surface area (Å²) in [5.41, 5.74) is 0. The van der Waals surface area contributed by atoms with Crippen LogP contribution in [-0.4, -0.2) is 69.9 Å². The number of nitrogens with one attached hydrogen (secondary N) is 1. The zero-order valence-corrected chi connectivity index (χ0v) is 17.2. The first-order valence-electron chi connectivity index (χ1n) is 9.13. The van der Waals surface area contributed by atoms with E-state index in [0.717, 1.165) is 25.9 Å². The third-order valence-electron chi connectivity index (χ3n) is 5.22. The van der Waals surface area contributed by atoms with Crippen molar-refractivity contribution in [2.24, 2.45) is 5.92 Å². The third kappa shape index (κ3) is 5.34. The zero-order valence-electron chi connectivity index (χ0n) is 15.6. The first kappa shape index (κ1) is 21.9. The molecule has 152 valence electrons. The number of amides is 1. The van der Waals surface area contributed by atoms with Crippen LogP contribution < -0.4 is 10.1 Å². The fourth-order valence-electron chi connectivity index (χ4n) is 3.52. The van der Waals surface area contributed by atoms with Gasteiger partial charge in [-0.05, 0) is 56.1 Å². The Morgan fingerprint density at radius 1 is 1.19 bits per heavy atom. The second kappa shape index (κ2) is 9.73. The molecule has 2 aliphatic rings. The Balaban J connectivity index is 0.00000261. The van der Waals surface area contributed by atoms with E-state index in [2.05, 4.69) is 5.32 Å². The maximum absolute atomic E-state index is 12.7. The number of nitrogens with zero attached hydrogens (tertiary/aromatic N) is 2. The lowest BCUT2D eigenvalue weighted by Gasteiger charge is -2.34. The van der Waals surface area contributed by atoms with Gasteiger partial charge in [0.25, 0.3) is 0 Å². The fraction of sp³-hybridized carbons (Fsp3) is 0.611. The van der Waals surface area contributed by atoms with E-state index in [9.17, 15) is 13.2 Å². The van der Waals surface area contributed by atoms with Gasteiger partial charge in [-0.1, -0.05) is 0 Å². The van der Waals surface area contributed by atoms with E-state index in [-0.39, 0.29) is 23.2 Å². The number of benzene rings is 1. The molecule has 2 fully saturated rings. The second-order valence-corrected chi connectivity index (χ2v) is 8.80. The van der Waals surface area contributed by atoms with Crippen molar-refractivity contribution in [3.63, 3.8) is 0 Å². The average Bonchev–Trinajstić information content (AvgIpc) is 3.20. The summed E-state index contributed by atoms with van der Waals surface area (Å²) in [6.07, 6.45) is 2.61. The van der Waals surface area contributed by atoms with Crippen molar-refractivity contribution in [1.82, 2.24) is 14.5 Å². The molecular formula is C18H28ClN3O4S. The minimum atomic E-state index is -3.53. The Morgan fingerprint density at radius 3 is 2.41 bits per heavy atom. The highest BCUT2D eigenvalue weighted by Gasteiger charge is 2.30. The molecule has 0 radical (unpaired) electrons. The van der Waals surface area contributed by atoms with Crippen LogP contribution in [0.2, 0.25) is 0 Å². The largest absolute Gasteiger partial charge is 0.497 e. The van der Waals surface area contributed by atoms with E-state index in [1.807, 2.05) is 0 Å². The number of rotatable bonds is 6. The molecule has 0 aliphatic carbocycles. The fourth-order valence-corrected chi connectivity index (χ4v) is 4.94. The summed E-state index contributed by atoms with van der Waals surface area (Å²) in [5, 5.41) is 3.31. The molecule has 0 bridgehead atoms. The lowest BCUT2D eigenvalue weighted by molar-refractivity contribution is -0.132. The SMILES string of the molecule is COc1ccc(S(=O)(=O)N2CCN(C(=O)CCC3CCNC3)CC2)cc1.Cl. The van der Waals surface area contributed by atoms with Crippen LogP contribution in [0.4, 0.5) is 0 Å². The lowest BCUT2D eigenvalue weighted by atomic mass is 10.0. The monoisotopic (exact) mass is 417 g/mol. The van der Waals surface area contributed by atoms with Gasteiger partial charge in [-0.25, -0.2) is 8.42 Å². The van der Waals surface area contributed by atoms with Crippen LogP contribution in [0.3, 0.4) is 0 Å². The van der Waals surface area contributed by atoms with E-state index in [0.29, 0.717) is 44.3 Å². The van der Waals surface area contributed by atoms with E-state index >= 15 is 0 Å². The smallest absolute Gasteiger partial charge is 0.243 e. The van der Waals surface area contributed by atoms with Crippen molar-refractivity contribution in [2.45, 2.75) is 24.2 Å². The zero-order chi connectivity index (χ0) is 18.6. The number of piperazine rings is 1. The summed E-state index contributed by atoms with van der Waals surface area (Å²) in [7, 11) is -1.99. The van der Waals surface area contributed by atoms with Crippen molar-refractivity contribution in [3.8, 4) is 5.75 Å². The van der Waals surface area contributed by atoms with Crippen LogP contribution in [0.25, 0.3) is 0 Å². The predicted octanol–water partition coefficient (Wildman–Crippen LogP) is 1.34. The van der Waals surface area contributed by atoms with Crippen LogP contribution in [0.5, 0.6) is 5.75 Å². The molecule has 2 aliphatic heterocycles. The number of sulfonamides is 1. The molecule has 1 aromatic rings. The first-order valence-corrected chi connectivity index (χ1v) is 10.6. The van der Waals surface area contributed by atoms with Gasteiger partial charge in [0, 0.05) is 32.6 Å². The Bertz CT molecular complexity index is 713. The second-order valence-electron chi connectivity index (χ2n) is 6.86. The normalized spacial score (nSPS) is 20.9. The Hall–Kier alpha value is -1.35. The summed E-state index contributed by atoms with van der Waals surface area (Å²) in [4.78, 5) is 14.4. The van der Waals surface area contributed by atoms with Crippen molar-refractivity contribution in [1.29, 1.82) is 0 Å². The summed E-state index contributed by atoms with van der Waals surface area (Å²) < 4.78 is 32.0. The van der Waals surface area contributed by atoms with Crippen molar-refractivity contribution < 1.29 is 17.9 Å². The average molecular weight is 418 g/mol. The highest BCUT2D eigenvalue weighted by Crippen LogP contribution is 2.21. The summed E-state index contributed by atoms with van der Waals surface area (Å²) in [5.74, 6) is 1.35. The van der Waals surface area contributed by atoms with Crippen molar-refractivity contribution in [3.05, 3.63) is 24.3 Å². The summed E-state index contributed by atoms with van der Waals surface area (Å²) in [6, 6.07) is 6.40. The molecule has 9 heteroatoms. The molecule has 0 aromatic heterocycles. The van der Waals surface area contributed by atoms with Gasteiger partial charge < -0.3 is 15.0 Å². The highest BCUT2D eigenvalue weighted by molar-refractivity contribution is 7.89. The molecule has 27 heavy (non-hydrogen) atoms. The minimum absolute atomic E-state index is 0. The molecule has 3 rings (SSSR count). The molecule has 7 nitrogen and oxygen atoms in total. The topological polar surface area (TPSA) is 79.0 Å². The number of hydrogen-bond donors (Lipinski definition) is 1. The molecular weight excluding hydrogens is 390 g/mol. The Kier molecular flexibility index (Phi) is 7.91. The third-order valence-corrected chi connectivity index (χ3v) is 7.13. The van der Waals surface area contributed by atoms with Gasteiger partial charge >= 0.3 is 0 Å². The van der Waals surface area contributed by atoms with Gasteiger partial charge in [-0.15, -0.1) is 12.4 Å². The molecule has 1 N–H and O–H groups in total. The quantitative estimate of drug-likeness (QED) is 0.755. The van der Waals surface area contributed by atoms with E-state index in [1.165, 1.54) is 4.31 Å². The van der Waals surface area contributed by atoms with Crippen LogP contribution in [-0.2, 0) is 14.8 Å². The number of carbonyl (C=O) groups is 1. The standard InChI is InChI=1S/C18H27N3O4S.ClH/c1-25-16-3-5-17(6-4-16)26(23,24)21-12-10-20(11-13-21)18(22)7-2-15-8-9-19-14-15;/h3-6,15,19H,2,7-14H2,1H3;1H. The number of ether oxygens (including phenoxy) is 1. The van der Waals surface area contributed by atoms with Gasteiger partial charge in [0.15, 0.2) is 0 Å². The number of methoxy groups -OCH3 is 1. The summed E-state index contributed by atoms with van der Waals surface area (Å²) in [6.45, 7) is 3.63. The maximum Gasteiger partial charge on any atom is 0.243 e. The van der Waals surface area contributed by atoms with Crippen LogP contribution in [0.1, 0.15) is 19.3 Å². The van der Waals surface area contributed by atoms with Crippen LogP contribution in [0.15, 0.2) is 29.2 Å². The van der Waals surface area contributed by atoms with Gasteiger partial charge in [-0.2, -0.15) is 4.31 Å². The first-order chi connectivity index (χ1) is 12.5. The van der Waals surface area contributed by atoms with Gasteiger partial charge in [-0.3, -0.25) is 4.79 Å². The van der Waals surface area contributed by atoms with Crippen LogP contribution >= 0.6 is 12.4 Å². The Labute approximate surface area is 167 Å². The van der Waals surface area contributed by atoms with E-state index in [4.69, 9.17) is 4.74 Å². The predicted molar refractivity (Wildman–Crippen MR) is 106 cm³/mol. The summed E-state index contributed by atoms with van der Waals surface area (Å²) >= 11 is 0. The molecule has 1 unspecified atom stereocenters. The van der Waals surface area contributed by atoms with Gasteiger partial charge in [0.2, 0.25) is 15.9 Å². The van der Waals surface area contributed by atoms with Crippen LogP contribution in [0, 0.1) is 5.92 Å². The van der Waals surface area contributed by atoms with E-state index < -0.39 is 10.0 Å². The molecule has 2 heterocycles. The molecule has 2 saturated heterocycles. The molecule has 1 aromatic carbocycles. The number of hydrogen-bond acceptors (Lipinski definition) is 5. The van der Waals surface area contributed by atoms with E-state index in [1.54, 1.807) is 36.3 Å². The Morgan fingerprint density at radius 2 is 1.85 bits per heavy atom. The lowest BCUT2D eigenvalue weighted by Crippen LogP contribution is -2.50. The maximum atomic E-state index is 12.7. The number of carbonyl (C=O) groups excluding carboxylic acids is 1. The van der Waals surface area contributed by atoms with Crippen molar-refractivity contribution >= 4 is 28.3 Å². The van der Waals surface area contributed by atoms with Gasteiger partial charge in [0.05, 0.1) is 12.0 Å². The minimum Gasteiger partial charge on any atom is -0.497 e. The highest BCUT2D eigenvalue weighted by atomic mass is 35.5.